The molecule has 0 unspecified atom stereocenters. The molecule has 0 bridgehead atoms. The lowest BCUT2D eigenvalue weighted by atomic mass is 10.2. The molecule has 0 saturated heterocycles. The maximum absolute atomic E-state index is 13.1. The van der Waals surface area contributed by atoms with Gasteiger partial charge in [-0.2, -0.15) is 4.98 Å². The van der Waals surface area contributed by atoms with Crippen molar-refractivity contribution in [1.29, 1.82) is 0 Å². The second kappa shape index (κ2) is 4.97. The quantitative estimate of drug-likeness (QED) is 0.774. The number of anilines is 1. The number of hydrogen-bond donors (Lipinski definition) is 1. The number of nitrogens with two attached hydrogens (primary N) is 1. The fraction of sp³-hybridized carbons (Fsp3) is 0. The predicted molar refractivity (Wildman–Crippen MR) is 72.8 cm³/mol. The van der Waals surface area contributed by atoms with Gasteiger partial charge >= 0.3 is 0 Å². The van der Waals surface area contributed by atoms with Crippen molar-refractivity contribution in [3.63, 3.8) is 0 Å². The summed E-state index contributed by atoms with van der Waals surface area (Å²) in [4.78, 5) is 12.1. The summed E-state index contributed by atoms with van der Waals surface area (Å²) in [5, 5.41) is 3.83. The molecule has 8 heteroatoms. The van der Waals surface area contributed by atoms with Crippen LogP contribution in [0.2, 0.25) is 0 Å². The van der Waals surface area contributed by atoms with Crippen LogP contribution in [0.3, 0.4) is 0 Å². The van der Waals surface area contributed by atoms with Crippen LogP contribution >= 0.6 is 15.9 Å². The monoisotopic (exact) mass is 335 g/mol. The minimum atomic E-state index is -0.359. The summed E-state index contributed by atoms with van der Waals surface area (Å²) in [7, 11) is 0. The lowest BCUT2D eigenvalue weighted by Crippen LogP contribution is -1.96. The molecule has 0 saturated carbocycles. The van der Waals surface area contributed by atoms with Gasteiger partial charge < -0.3 is 10.3 Å². The number of nitrogens with zero attached hydrogens (tertiary/aromatic N) is 4. The molecule has 6 nitrogen and oxygen atoms in total. The van der Waals surface area contributed by atoms with Gasteiger partial charge in [-0.1, -0.05) is 5.16 Å². The third-order valence-corrected chi connectivity index (χ3v) is 3.18. The first-order valence-corrected chi connectivity index (χ1v) is 6.30. The molecule has 0 aliphatic heterocycles. The molecule has 0 spiro atoms. The maximum Gasteiger partial charge on any atom is 0.280 e. The number of nitrogen functional groups attached to an aromatic ring is 1. The Morgan fingerprint density at radius 1 is 1.20 bits per heavy atom. The summed E-state index contributed by atoms with van der Waals surface area (Å²) in [6.07, 6.45) is 2.94. The van der Waals surface area contributed by atoms with E-state index >= 15 is 0 Å². The minimum Gasteiger partial charge on any atom is -0.382 e. The van der Waals surface area contributed by atoms with E-state index in [9.17, 15) is 4.39 Å². The number of hydrogen-bond acceptors (Lipinski definition) is 6. The highest BCUT2D eigenvalue weighted by atomic mass is 79.9. The van der Waals surface area contributed by atoms with Crippen LogP contribution in [0.5, 0.6) is 0 Å². The van der Waals surface area contributed by atoms with E-state index in [0.29, 0.717) is 21.6 Å². The molecule has 20 heavy (non-hydrogen) atoms. The Morgan fingerprint density at radius 2 is 2.00 bits per heavy atom. The predicted octanol–water partition coefficient (Wildman–Crippen LogP) is 2.68. The van der Waals surface area contributed by atoms with E-state index in [1.807, 2.05) is 0 Å². The summed E-state index contributed by atoms with van der Waals surface area (Å²) < 4.78 is 18.7. The second-order valence-electron chi connectivity index (χ2n) is 3.84. The van der Waals surface area contributed by atoms with Crippen LogP contribution in [0.15, 0.2) is 39.6 Å². The lowest BCUT2D eigenvalue weighted by molar-refractivity contribution is 0.431. The number of benzene rings is 1. The van der Waals surface area contributed by atoms with Crippen molar-refractivity contribution in [1.82, 2.24) is 20.1 Å². The molecule has 2 N–H and O–H groups in total. The zero-order valence-corrected chi connectivity index (χ0v) is 11.5. The van der Waals surface area contributed by atoms with Crippen LogP contribution < -0.4 is 5.73 Å². The van der Waals surface area contributed by atoms with Crippen molar-refractivity contribution in [3.05, 3.63) is 40.9 Å². The summed E-state index contributed by atoms with van der Waals surface area (Å²) in [5.41, 5.74) is 6.60. The van der Waals surface area contributed by atoms with E-state index in [0.717, 1.165) is 0 Å². The molecular weight excluding hydrogens is 329 g/mol. The van der Waals surface area contributed by atoms with E-state index in [1.54, 1.807) is 6.07 Å². The largest absolute Gasteiger partial charge is 0.382 e. The molecule has 3 rings (SSSR count). The molecule has 0 aliphatic carbocycles. The van der Waals surface area contributed by atoms with Gasteiger partial charge in [0.15, 0.2) is 11.5 Å². The van der Waals surface area contributed by atoms with E-state index in [4.69, 9.17) is 10.3 Å². The van der Waals surface area contributed by atoms with Gasteiger partial charge in [0.25, 0.3) is 5.89 Å². The van der Waals surface area contributed by atoms with E-state index in [1.165, 1.54) is 24.5 Å². The molecule has 0 atom stereocenters. The summed E-state index contributed by atoms with van der Waals surface area (Å²) in [5.74, 6) is 0.294. The molecule has 0 aliphatic rings. The van der Waals surface area contributed by atoms with Crippen molar-refractivity contribution >= 4 is 21.7 Å². The van der Waals surface area contributed by atoms with Gasteiger partial charge in [-0.3, -0.25) is 0 Å². The molecular formula is C12H7BrFN5O. The van der Waals surface area contributed by atoms with Gasteiger partial charge in [0, 0.05) is 22.4 Å². The van der Waals surface area contributed by atoms with Gasteiger partial charge in [0.1, 0.15) is 5.82 Å². The summed E-state index contributed by atoms with van der Waals surface area (Å²) in [6.45, 7) is 0. The molecule has 0 radical (unpaired) electrons. The maximum atomic E-state index is 13.1. The first kappa shape index (κ1) is 12.7. The fourth-order valence-electron chi connectivity index (χ4n) is 1.61. The van der Waals surface area contributed by atoms with Crippen LogP contribution in [-0.4, -0.2) is 20.1 Å². The lowest BCUT2D eigenvalue weighted by Gasteiger charge is -1.98. The third kappa shape index (κ3) is 2.25. The Hall–Kier alpha value is -2.35. The SMILES string of the molecule is Nc1nccnc1-c1nc(-c2ccc(F)cc2Br)no1. The van der Waals surface area contributed by atoms with E-state index in [2.05, 4.69) is 36.0 Å². The molecule has 3 aromatic rings. The van der Waals surface area contributed by atoms with Gasteiger partial charge in [0.05, 0.1) is 0 Å². The molecule has 2 heterocycles. The van der Waals surface area contributed by atoms with Crippen molar-refractivity contribution in [2.45, 2.75) is 0 Å². The average molecular weight is 336 g/mol. The Morgan fingerprint density at radius 3 is 2.75 bits per heavy atom. The normalized spacial score (nSPS) is 10.7. The Balaban J connectivity index is 2.04. The number of halogens is 2. The highest BCUT2D eigenvalue weighted by Crippen LogP contribution is 2.29. The van der Waals surface area contributed by atoms with Crippen LogP contribution in [0.1, 0.15) is 0 Å². The number of rotatable bonds is 2. The van der Waals surface area contributed by atoms with Crippen molar-refractivity contribution in [2.75, 3.05) is 5.73 Å². The van der Waals surface area contributed by atoms with Gasteiger partial charge in [-0.25, -0.2) is 14.4 Å². The Bertz CT molecular complexity index is 776. The zero-order chi connectivity index (χ0) is 14.1. The van der Waals surface area contributed by atoms with Gasteiger partial charge in [-0.15, -0.1) is 0 Å². The Labute approximate surface area is 121 Å². The average Bonchev–Trinajstić information content (AvgIpc) is 2.88. The molecule has 2 aromatic heterocycles. The van der Waals surface area contributed by atoms with E-state index < -0.39 is 0 Å². The first-order valence-electron chi connectivity index (χ1n) is 5.51. The third-order valence-electron chi connectivity index (χ3n) is 2.53. The molecule has 100 valence electrons. The first-order chi connectivity index (χ1) is 9.65. The molecule has 1 aromatic carbocycles. The summed E-state index contributed by atoms with van der Waals surface area (Å²) >= 11 is 3.25. The van der Waals surface area contributed by atoms with E-state index in [-0.39, 0.29) is 17.5 Å². The fourth-order valence-corrected chi connectivity index (χ4v) is 2.14. The second-order valence-corrected chi connectivity index (χ2v) is 4.69. The van der Waals surface area contributed by atoms with Crippen molar-refractivity contribution < 1.29 is 8.91 Å². The molecule has 0 fully saturated rings. The Kier molecular flexibility index (Phi) is 3.15. The minimum absolute atomic E-state index is 0.154. The van der Waals surface area contributed by atoms with Crippen LogP contribution in [0, 0.1) is 5.82 Å². The van der Waals surface area contributed by atoms with Crippen molar-refractivity contribution in [3.8, 4) is 23.0 Å². The summed E-state index contributed by atoms with van der Waals surface area (Å²) in [6, 6.07) is 4.18. The van der Waals surface area contributed by atoms with Crippen LogP contribution in [0.25, 0.3) is 23.0 Å². The zero-order valence-electron chi connectivity index (χ0n) is 9.92. The smallest absolute Gasteiger partial charge is 0.280 e. The topological polar surface area (TPSA) is 90.7 Å². The standard InChI is InChI=1S/C12H7BrFN5O/c13-8-5-6(14)1-2-7(8)11-18-12(20-19-11)9-10(15)17-4-3-16-9/h1-5H,(H2,15,17). The molecule has 0 amide bonds. The van der Waals surface area contributed by atoms with Gasteiger partial charge in [0.2, 0.25) is 5.82 Å². The van der Waals surface area contributed by atoms with Gasteiger partial charge in [-0.05, 0) is 34.1 Å². The van der Waals surface area contributed by atoms with Crippen LogP contribution in [0.4, 0.5) is 10.2 Å². The van der Waals surface area contributed by atoms with Crippen LogP contribution in [-0.2, 0) is 0 Å². The highest BCUT2D eigenvalue weighted by Gasteiger charge is 2.16. The van der Waals surface area contributed by atoms with Crippen molar-refractivity contribution in [2.24, 2.45) is 0 Å². The highest BCUT2D eigenvalue weighted by molar-refractivity contribution is 9.10. The number of aromatic nitrogens is 4.